The Hall–Kier alpha value is -0.780. The summed E-state index contributed by atoms with van der Waals surface area (Å²) in [6.45, 7) is 0.392. The molecule has 78 valence electrons. The third kappa shape index (κ3) is 4.72. The van der Waals surface area contributed by atoms with Crippen LogP contribution >= 0.6 is 0 Å². The molecule has 2 N–H and O–H groups in total. The summed E-state index contributed by atoms with van der Waals surface area (Å²) in [6.07, 6.45) is -4.03. The van der Waals surface area contributed by atoms with Crippen LogP contribution in [0.1, 0.15) is 13.3 Å². The van der Waals surface area contributed by atoms with Gasteiger partial charge < -0.3 is 10.6 Å². The van der Waals surface area contributed by atoms with Crippen LogP contribution in [0.5, 0.6) is 0 Å². The van der Waals surface area contributed by atoms with Gasteiger partial charge in [0.1, 0.15) is 6.54 Å². The highest BCUT2D eigenvalue weighted by Crippen LogP contribution is 2.15. The Morgan fingerprint density at radius 3 is 2.31 bits per heavy atom. The van der Waals surface area contributed by atoms with E-state index >= 15 is 0 Å². The van der Waals surface area contributed by atoms with E-state index in [1.54, 1.807) is 6.92 Å². The van der Waals surface area contributed by atoms with Crippen molar-refractivity contribution in [1.82, 2.24) is 4.90 Å². The van der Waals surface area contributed by atoms with Gasteiger partial charge in [0.25, 0.3) is 0 Å². The van der Waals surface area contributed by atoms with E-state index in [1.165, 1.54) is 0 Å². The van der Waals surface area contributed by atoms with Crippen molar-refractivity contribution < 1.29 is 18.0 Å². The van der Waals surface area contributed by atoms with Crippen LogP contribution < -0.4 is 5.73 Å². The molecule has 0 saturated carbocycles. The number of amides is 1. The van der Waals surface area contributed by atoms with Crippen LogP contribution in [0.25, 0.3) is 0 Å². The van der Waals surface area contributed by atoms with E-state index in [-0.39, 0.29) is 0 Å². The van der Waals surface area contributed by atoms with Crippen LogP contribution in [-0.4, -0.2) is 36.6 Å². The number of carbonyl (C=O) groups is 1. The first-order valence-corrected chi connectivity index (χ1v) is 3.85. The van der Waals surface area contributed by atoms with Crippen LogP contribution in [0.15, 0.2) is 0 Å². The van der Waals surface area contributed by atoms with E-state index in [1.807, 2.05) is 0 Å². The molecule has 0 aromatic carbocycles. The predicted octanol–water partition coefficient (Wildman–Crippen LogP) is 0.744. The Morgan fingerprint density at radius 1 is 1.54 bits per heavy atom. The lowest BCUT2D eigenvalue weighted by atomic mass is 10.2. The van der Waals surface area contributed by atoms with Gasteiger partial charge in [-0.15, -0.1) is 0 Å². The molecule has 0 aliphatic carbocycles. The number of nitrogens with two attached hydrogens (primary N) is 1. The summed E-state index contributed by atoms with van der Waals surface area (Å²) in [5, 5.41) is 0. The molecule has 0 bridgehead atoms. The van der Waals surface area contributed by atoms with Gasteiger partial charge in [0, 0.05) is 7.05 Å². The van der Waals surface area contributed by atoms with Crippen LogP contribution in [0, 0.1) is 0 Å². The minimum atomic E-state index is -4.36. The quantitative estimate of drug-likeness (QED) is 0.727. The number of carbonyl (C=O) groups excluding carboxylic acids is 1. The van der Waals surface area contributed by atoms with Crippen molar-refractivity contribution >= 4 is 5.91 Å². The third-order valence-electron chi connectivity index (χ3n) is 1.55. The summed E-state index contributed by atoms with van der Waals surface area (Å²) in [4.78, 5) is 11.6. The molecule has 0 heterocycles. The Balaban J connectivity index is 4.12. The Kier molecular flexibility index (Phi) is 4.19. The predicted molar refractivity (Wildman–Crippen MR) is 42.0 cm³/mol. The maximum atomic E-state index is 11.8. The standard InChI is InChI=1S/C7H13F3N2O/c1-3-5(11)6(13)12(2)4-7(8,9)10/h5H,3-4,11H2,1-2H3. The zero-order chi connectivity index (χ0) is 10.6. The molecule has 0 radical (unpaired) electrons. The monoisotopic (exact) mass is 198 g/mol. The van der Waals surface area contributed by atoms with Gasteiger partial charge in [-0.2, -0.15) is 13.2 Å². The SMILES string of the molecule is CCC(N)C(=O)N(C)CC(F)(F)F. The number of hydrogen-bond donors (Lipinski definition) is 1. The zero-order valence-corrected chi connectivity index (χ0v) is 7.56. The molecule has 0 aromatic heterocycles. The molecule has 0 aliphatic heterocycles. The van der Waals surface area contributed by atoms with E-state index < -0.39 is 24.7 Å². The first kappa shape index (κ1) is 12.2. The van der Waals surface area contributed by atoms with Gasteiger partial charge in [-0.1, -0.05) is 6.92 Å². The molecule has 0 aliphatic rings. The van der Waals surface area contributed by atoms with E-state index in [0.717, 1.165) is 7.05 Å². The summed E-state index contributed by atoms with van der Waals surface area (Å²) in [5.41, 5.74) is 5.28. The first-order valence-electron chi connectivity index (χ1n) is 3.85. The van der Waals surface area contributed by atoms with Crippen molar-refractivity contribution in [2.24, 2.45) is 5.73 Å². The highest BCUT2D eigenvalue weighted by atomic mass is 19.4. The summed E-state index contributed by atoms with van der Waals surface area (Å²) in [7, 11) is 1.09. The summed E-state index contributed by atoms with van der Waals surface area (Å²) in [5.74, 6) is -0.681. The second kappa shape index (κ2) is 4.45. The van der Waals surface area contributed by atoms with Gasteiger partial charge in [0.2, 0.25) is 5.91 Å². The molecular weight excluding hydrogens is 185 g/mol. The maximum Gasteiger partial charge on any atom is 0.406 e. The number of alkyl halides is 3. The number of halogens is 3. The minimum absolute atomic E-state index is 0.334. The average Bonchev–Trinajstić information content (AvgIpc) is 1.98. The van der Waals surface area contributed by atoms with E-state index in [4.69, 9.17) is 5.73 Å². The van der Waals surface area contributed by atoms with Crippen LogP contribution in [-0.2, 0) is 4.79 Å². The highest BCUT2D eigenvalue weighted by molar-refractivity contribution is 5.81. The van der Waals surface area contributed by atoms with Crippen LogP contribution in [0.3, 0.4) is 0 Å². The topological polar surface area (TPSA) is 46.3 Å². The fraction of sp³-hybridized carbons (Fsp3) is 0.857. The highest BCUT2D eigenvalue weighted by Gasteiger charge is 2.32. The van der Waals surface area contributed by atoms with Crippen LogP contribution in [0.4, 0.5) is 13.2 Å². The van der Waals surface area contributed by atoms with Crippen molar-refractivity contribution in [3.8, 4) is 0 Å². The lowest BCUT2D eigenvalue weighted by molar-refractivity contribution is -0.159. The first-order chi connectivity index (χ1) is 5.78. The molecule has 0 rings (SSSR count). The molecule has 0 aromatic rings. The molecular formula is C7H13F3N2O. The van der Waals surface area contributed by atoms with Gasteiger partial charge >= 0.3 is 6.18 Å². The van der Waals surface area contributed by atoms with Gasteiger partial charge in [-0.05, 0) is 6.42 Å². The van der Waals surface area contributed by atoms with Crippen molar-refractivity contribution in [2.45, 2.75) is 25.6 Å². The molecule has 1 atom stereocenters. The van der Waals surface area contributed by atoms with E-state index in [2.05, 4.69) is 0 Å². The van der Waals surface area contributed by atoms with Crippen LogP contribution in [0.2, 0.25) is 0 Å². The molecule has 6 heteroatoms. The van der Waals surface area contributed by atoms with Gasteiger partial charge in [-0.25, -0.2) is 0 Å². The zero-order valence-electron chi connectivity index (χ0n) is 7.56. The Labute approximate surface area is 74.7 Å². The molecule has 1 amide bonds. The average molecular weight is 198 g/mol. The summed E-state index contributed by atoms with van der Waals surface area (Å²) in [6, 6.07) is -0.840. The minimum Gasteiger partial charge on any atom is -0.335 e. The van der Waals surface area contributed by atoms with Crippen molar-refractivity contribution in [3.05, 3.63) is 0 Å². The van der Waals surface area contributed by atoms with Crippen molar-refractivity contribution in [3.63, 3.8) is 0 Å². The number of rotatable bonds is 3. The molecule has 1 unspecified atom stereocenters. The Bertz CT molecular complexity index is 181. The van der Waals surface area contributed by atoms with Gasteiger partial charge in [-0.3, -0.25) is 4.79 Å². The smallest absolute Gasteiger partial charge is 0.335 e. The molecule has 0 saturated heterocycles. The van der Waals surface area contributed by atoms with E-state index in [0.29, 0.717) is 11.3 Å². The van der Waals surface area contributed by atoms with E-state index in [9.17, 15) is 18.0 Å². The molecule has 3 nitrogen and oxygen atoms in total. The molecule has 13 heavy (non-hydrogen) atoms. The summed E-state index contributed by atoms with van der Waals surface area (Å²) < 4.78 is 35.4. The Morgan fingerprint density at radius 2 is 2.00 bits per heavy atom. The normalized spacial score (nSPS) is 14.0. The van der Waals surface area contributed by atoms with Crippen molar-refractivity contribution in [2.75, 3.05) is 13.6 Å². The van der Waals surface area contributed by atoms with Crippen molar-refractivity contribution in [1.29, 1.82) is 0 Å². The number of likely N-dealkylation sites (N-methyl/N-ethyl adjacent to an activating group) is 1. The maximum absolute atomic E-state index is 11.8. The fourth-order valence-corrected chi connectivity index (χ4v) is 0.805. The second-order valence-corrected chi connectivity index (χ2v) is 2.82. The van der Waals surface area contributed by atoms with Gasteiger partial charge in [0.15, 0.2) is 0 Å². The largest absolute Gasteiger partial charge is 0.406 e. The fourth-order valence-electron chi connectivity index (χ4n) is 0.805. The van der Waals surface area contributed by atoms with Gasteiger partial charge in [0.05, 0.1) is 6.04 Å². The summed E-state index contributed by atoms with van der Waals surface area (Å²) >= 11 is 0. The lowest BCUT2D eigenvalue weighted by Gasteiger charge is -2.21. The third-order valence-corrected chi connectivity index (χ3v) is 1.55. The number of hydrogen-bond acceptors (Lipinski definition) is 2. The second-order valence-electron chi connectivity index (χ2n) is 2.82. The lowest BCUT2D eigenvalue weighted by Crippen LogP contribution is -2.45. The molecule has 0 fully saturated rings. The number of nitrogens with zero attached hydrogens (tertiary/aromatic N) is 1. The molecule has 0 spiro atoms.